The van der Waals surface area contributed by atoms with Crippen LogP contribution in [-0.2, 0) is 0 Å². The summed E-state index contributed by atoms with van der Waals surface area (Å²) in [6.07, 6.45) is 3.47. The third-order valence-corrected chi connectivity index (χ3v) is 4.93. The molecule has 0 aliphatic rings. The number of nitrogens with zero attached hydrogens (tertiary/aromatic N) is 2. The number of hydrogen-bond donors (Lipinski definition) is 1. The first-order valence-electron chi connectivity index (χ1n) is 9.38. The van der Waals surface area contributed by atoms with Crippen LogP contribution in [0.4, 0.5) is 5.69 Å². The van der Waals surface area contributed by atoms with Gasteiger partial charge in [0.2, 0.25) is 0 Å². The third kappa shape index (κ3) is 3.32. The summed E-state index contributed by atoms with van der Waals surface area (Å²) in [6, 6.07) is 27.3. The molecule has 2 heterocycles. The van der Waals surface area contributed by atoms with Gasteiger partial charge in [-0.3, -0.25) is 9.78 Å². The van der Waals surface area contributed by atoms with E-state index in [1.807, 2.05) is 78.9 Å². The minimum atomic E-state index is -0.163. The number of rotatable bonds is 3. The molecule has 0 atom stereocenters. The summed E-state index contributed by atoms with van der Waals surface area (Å²) in [5.74, 6) is -0.163. The Morgan fingerprint density at radius 1 is 0.793 bits per heavy atom. The second-order valence-corrected chi connectivity index (χ2v) is 6.83. The molecule has 0 radical (unpaired) electrons. The molecular formula is C25H17N3O. The minimum absolute atomic E-state index is 0.163. The summed E-state index contributed by atoms with van der Waals surface area (Å²) < 4.78 is 0. The van der Waals surface area contributed by atoms with Gasteiger partial charge in [0.1, 0.15) is 0 Å². The fourth-order valence-corrected chi connectivity index (χ4v) is 3.49. The molecule has 0 unspecified atom stereocenters. The van der Waals surface area contributed by atoms with Crippen molar-refractivity contribution in [3.63, 3.8) is 0 Å². The number of carbonyl (C=O) groups excluding carboxylic acids is 1. The summed E-state index contributed by atoms with van der Waals surface area (Å²) in [5.41, 5.74) is 3.72. The first-order valence-corrected chi connectivity index (χ1v) is 9.38. The highest BCUT2D eigenvalue weighted by Gasteiger charge is 2.14. The normalized spacial score (nSPS) is 10.9. The zero-order valence-corrected chi connectivity index (χ0v) is 15.5. The Balaban J connectivity index is 1.58. The van der Waals surface area contributed by atoms with Gasteiger partial charge in [-0.25, -0.2) is 4.98 Å². The average molecular weight is 375 g/mol. The van der Waals surface area contributed by atoms with E-state index >= 15 is 0 Å². The number of hydrogen-bond acceptors (Lipinski definition) is 3. The Hall–Kier alpha value is -4.05. The second-order valence-electron chi connectivity index (χ2n) is 6.83. The Kier molecular flexibility index (Phi) is 4.22. The molecule has 1 amide bonds. The number of nitrogens with one attached hydrogen (secondary N) is 1. The molecule has 5 rings (SSSR count). The Morgan fingerprint density at radius 2 is 1.62 bits per heavy atom. The standard InChI is InChI=1S/C25H17N3O/c29-25(27-20-12-11-17-6-1-2-7-18(17)14-20)22-15-24(19-8-5-13-26-16-19)28-23-10-4-3-9-21(22)23/h1-16H,(H,27,29). The van der Waals surface area contributed by atoms with E-state index in [1.54, 1.807) is 12.4 Å². The van der Waals surface area contributed by atoms with Crippen LogP contribution in [0.2, 0.25) is 0 Å². The first kappa shape index (κ1) is 17.1. The fourth-order valence-electron chi connectivity index (χ4n) is 3.49. The van der Waals surface area contributed by atoms with Crippen molar-refractivity contribution in [1.29, 1.82) is 0 Å². The van der Waals surface area contributed by atoms with Crippen LogP contribution in [0, 0.1) is 0 Å². The minimum Gasteiger partial charge on any atom is -0.322 e. The number of fused-ring (bicyclic) bond motifs is 2. The lowest BCUT2D eigenvalue weighted by atomic mass is 10.0. The van der Waals surface area contributed by atoms with Crippen molar-refractivity contribution in [3.8, 4) is 11.3 Å². The molecule has 0 saturated heterocycles. The summed E-state index contributed by atoms with van der Waals surface area (Å²) >= 11 is 0. The lowest BCUT2D eigenvalue weighted by Gasteiger charge is -2.11. The van der Waals surface area contributed by atoms with Crippen LogP contribution in [0.5, 0.6) is 0 Å². The average Bonchev–Trinajstić information content (AvgIpc) is 2.79. The number of anilines is 1. The van der Waals surface area contributed by atoms with E-state index in [9.17, 15) is 4.79 Å². The van der Waals surface area contributed by atoms with Gasteiger partial charge in [-0.15, -0.1) is 0 Å². The van der Waals surface area contributed by atoms with E-state index < -0.39 is 0 Å². The maximum atomic E-state index is 13.2. The molecule has 0 saturated carbocycles. The van der Waals surface area contributed by atoms with Crippen molar-refractivity contribution < 1.29 is 4.79 Å². The predicted octanol–water partition coefficient (Wildman–Crippen LogP) is 5.70. The van der Waals surface area contributed by atoms with Crippen LogP contribution >= 0.6 is 0 Å². The van der Waals surface area contributed by atoms with E-state index in [-0.39, 0.29) is 5.91 Å². The fraction of sp³-hybridized carbons (Fsp3) is 0. The van der Waals surface area contributed by atoms with Gasteiger partial charge in [0, 0.05) is 29.0 Å². The molecule has 0 bridgehead atoms. The zero-order chi connectivity index (χ0) is 19.6. The van der Waals surface area contributed by atoms with Crippen molar-refractivity contribution in [3.05, 3.63) is 103 Å². The van der Waals surface area contributed by atoms with Gasteiger partial charge in [-0.05, 0) is 47.2 Å². The van der Waals surface area contributed by atoms with Gasteiger partial charge in [0.05, 0.1) is 16.8 Å². The molecule has 4 heteroatoms. The third-order valence-electron chi connectivity index (χ3n) is 4.93. The van der Waals surface area contributed by atoms with Crippen molar-refractivity contribution in [1.82, 2.24) is 9.97 Å². The monoisotopic (exact) mass is 375 g/mol. The summed E-state index contributed by atoms with van der Waals surface area (Å²) in [6.45, 7) is 0. The Bertz CT molecular complexity index is 1350. The maximum Gasteiger partial charge on any atom is 0.256 e. The van der Waals surface area contributed by atoms with Gasteiger partial charge >= 0.3 is 0 Å². The van der Waals surface area contributed by atoms with E-state index in [1.165, 1.54) is 0 Å². The molecular weight excluding hydrogens is 358 g/mol. The van der Waals surface area contributed by atoms with Crippen LogP contribution < -0.4 is 5.32 Å². The topological polar surface area (TPSA) is 54.9 Å². The smallest absolute Gasteiger partial charge is 0.256 e. The quantitative estimate of drug-likeness (QED) is 0.440. The molecule has 4 nitrogen and oxygen atoms in total. The van der Waals surface area contributed by atoms with Crippen molar-refractivity contribution in [2.45, 2.75) is 0 Å². The number of benzene rings is 3. The zero-order valence-electron chi connectivity index (χ0n) is 15.5. The van der Waals surface area contributed by atoms with Crippen LogP contribution in [0.3, 0.4) is 0 Å². The lowest BCUT2D eigenvalue weighted by molar-refractivity contribution is 0.102. The van der Waals surface area contributed by atoms with Crippen LogP contribution in [0.25, 0.3) is 32.9 Å². The van der Waals surface area contributed by atoms with Gasteiger partial charge in [0.25, 0.3) is 5.91 Å². The first-order chi connectivity index (χ1) is 14.3. The maximum absolute atomic E-state index is 13.2. The van der Waals surface area contributed by atoms with E-state index in [0.29, 0.717) is 5.56 Å². The highest BCUT2D eigenvalue weighted by molar-refractivity contribution is 6.13. The van der Waals surface area contributed by atoms with Gasteiger partial charge in [-0.1, -0.05) is 48.5 Å². The molecule has 0 fully saturated rings. The van der Waals surface area contributed by atoms with Crippen LogP contribution in [0.1, 0.15) is 10.4 Å². The molecule has 5 aromatic rings. The molecule has 2 aromatic heterocycles. The van der Waals surface area contributed by atoms with E-state index in [4.69, 9.17) is 4.98 Å². The molecule has 3 aromatic carbocycles. The van der Waals surface area contributed by atoms with Crippen molar-refractivity contribution in [2.75, 3.05) is 5.32 Å². The SMILES string of the molecule is O=C(Nc1ccc2ccccc2c1)c1cc(-c2cccnc2)nc2ccccc12. The predicted molar refractivity (Wildman–Crippen MR) is 117 cm³/mol. The molecule has 0 spiro atoms. The molecule has 29 heavy (non-hydrogen) atoms. The number of carbonyl (C=O) groups is 1. The number of pyridine rings is 2. The van der Waals surface area contributed by atoms with Crippen LogP contribution in [0.15, 0.2) is 97.3 Å². The highest BCUT2D eigenvalue weighted by Crippen LogP contribution is 2.26. The van der Waals surface area contributed by atoms with Gasteiger partial charge < -0.3 is 5.32 Å². The Morgan fingerprint density at radius 3 is 2.48 bits per heavy atom. The van der Waals surface area contributed by atoms with Crippen molar-refractivity contribution in [2.24, 2.45) is 0 Å². The summed E-state index contributed by atoms with van der Waals surface area (Å²) in [7, 11) is 0. The lowest BCUT2D eigenvalue weighted by Crippen LogP contribution is -2.13. The number of para-hydroxylation sites is 1. The second kappa shape index (κ2) is 7.17. The summed E-state index contributed by atoms with van der Waals surface area (Å²) in [5, 5.41) is 6.08. The molecule has 0 aliphatic heterocycles. The van der Waals surface area contributed by atoms with Gasteiger partial charge in [0.15, 0.2) is 0 Å². The highest BCUT2D eigenvalue weighted by atomic mass is 16.1. The largest absolute Gasteiger partial charge is 0.322 e. The van der Waals surface area contributed by atoms with E-state index in [0.717, 1.165) is 38.6 Å². The molecule has 0 aliphatic carbocycles. The van der Waals surface area contributed by atoms with Crippen LogP contribution in [-0.4, -0.2) is 15.9 Å². The number of amides is 1. The van der Waals surface area contributed by atoms with Crippen molar-refractivity contribution >= 4 is 33.3 Å². The van der Waals surface area contributed by atoms with E-state index in [2.05, 4.69) is 16.4 Å². The van der Waals surface area contributed by atoms with Gasteiger partial charge in [-0.2, -0.15) is 0 Å². The summed E-state index contributed by atoms with van der Waals surface area (Å²) in [4.78, 5) is 22.1. The molecule has 1 N–H and O–H groups in total. The molecule has 138 valence electrons. The Labute approximate surface area is 167 Å². The number of aromatic nitrogens is 2.